The van der Waals surface area contributed by atoms with Crippen LogP contribution in [-0.2, 0) is 14.8 Å². The van der Waals surface area contributed by atoms with E-state index in [1.165, 1.54) is 45.6 Å². The van der Waals surface area contributed by atoms with E-state index < -0.39 is 10.0 Å². The molecule has 0 saturated carbocycles. The third-order valence-electron chi connectivity index (χ3n) is 5.70. The normalized spacial score (nSPS) is 14.5. The standard InChI is InChI=1S/C24H33N3O5S/c1-31-20-12-13-22(23(18-20)32-2)27(33(29,30)21-10-5-3-6-11-21)19-24(28)25-14-9-17-26-15-7-4-8-16-26/h3,5-6,10-13,18H,4,7-9,14-17,19H2,1-2H3,(H,25,28). The average Bonchev–Trinajstić information content (AvgIpc) is 2.86. The van der Waals surface area contributed by atoms with E-state index in [9.17, 15) is 13.2 Å². The Labute approximate surface area is 196 Å². The van der Waals surface area contributed by atoms with Gasteiger partial charge in [0.05, 0.1) is 24.8 Å². The molecule has 0 atom stereocenters. The Morgan fingerprint density at radius 1 is 1.03 bits per heavy atom. The first-order valence-corrected chi connectivity index (χ1v) is 12.7. The van der Waals surface area contributed by atoms with Crippen LogP contribution in [0.3, 0.4) is 0 Å². The summed E-state index contributed by atoms with van der Waals surface area (Å²) in [5.74, 6) is 0.451. The second-order valence-electron chi connectivity index (χ2n) is 7.97. The van der Waals surface area contributed by atoms with Gasteiger partial charge in [-0.2, -0.15) is 0 Å². The van der Waals surface area contributed by atoms with Crippen molar-refractivity contribution in [3.63, 3.8) is 0 Å². The predicted octanol–water partition coefficient (Wildman–Crippen LogP) is 2.89. The van der Waals surface area contributed by atoms with E-state index in [2.05, 4.69) is 10.2 Å². The summed E-state index contributed by atoms with van der Waals surface area (Å²) in [5, 5.41) is 2.87. The molecule has 9 heteroatoms. The van der Waals surface area contributed by atoms with E-state index in [0.717, 1.165) is 30.4 Å². The van der Waals surface area contributed by atoms with Crippen LogP contribution in [0.4, 0.5) is 5.69 Å². The van der Waals surface area contributed by atoms with E-state index >= 15 is 0 Å². The van der Waals surface area contributed by atoms with Gasteiger partial charge in [0, 0.05) is 12.6 Å². The zero-order chi connectivity index (χ0) is 23.7. The van der Waals surface area contributed by atoms with E-state index in [4.69, 9.17) is 9.47 Å². The number of carbonyl (C=O) groups is 1. The monoisotopic (exact) mass is 475 g/mol. The molecule has 1 N–H and O–H groups in total. The molecule has 8 nitrogen and oxygen atoms in total. The first-order valence-electron chi connectivity index (χ1n) is 11.2. The van der Waals surface area contributed by atoms with Crippen LogP contribution in [0.1, 0.15) is 25.7 Å². The van der Waals surface area contributed by atoms with Gasteiger partial charge in [-0.15, -0.1) is 0 Å². The molecule has 0 radical (unpaired) electrons. The second kappa shape index (κ2) is 11.9. The van der Waals surface area contributed by atoms with Crippen molar-refractivity contribution in [3.8, 4) is 11.5 Å². The van der Waals surface area contributed by atoms with E-state index in [1.54, 1.807) is 36.4 Å². The number of ether oxygens (including phenoxy) is 2. The molecule has 1 fully saturated rings. The van der Waals surface area contributed by atoms with Gasteiger partial charge in [-0.1, -0.05) is 24.6 Å². The number of piperidine rings is 1. The van der Waals surface area contributed by atoms with Crippen LogP contribution in [0.25, 0.3) is 0 Å². The molecule has 0 aliphatic carbocycles. The van der Waals surface area contributed by atoms with Crippen molar-refractivity contribution in [2.24, 2.45) is 0 Å². The fourth-order valence-electron chi connectivity index (χ4n) is 3.91. The Balaban J connectivity index is 1.75. The number of nitrogens with zero attached hydrogens (tertiary/aromatic N) is 2. The van der Waals surface area contributed by atoms with E-state index in [1.807, 2.05) is 0 Å². The van der Waals surface area contributed by atoms with Crippen molar-refractivity contribution >= 4 is 21.6 Å². The number of likely N-dealkylation sites (tertiary alicyclic amines) is 1. The fourth-order valence-corrected chi connectivity index (χ4v) is 5.36. The molecule has 0 unspecified atom stereocenters. The Bertz CT molecular complexity index is 1010. The minimum atomic E-state index is -4.01. The lowest BCUT2D eigenvalue weighted by molar-refractivity contribution is -0.119. The lowest BCUT2D eigenvalue weighted by Gasteiger charge is -2.27. The van der Waals surface area contributed by atoms with Crippen LogP contribution in [0.2, 0.25) is 0 Å². The van der Waals surface area contributed by atoms with Crippen molar-refractivity contribution in [2.45, 2.75) is 30.6 Å². The van der Waals surface area contributed by atoms with Gasteiger partial charge in [-0.05, 0) is 63.2 Å². The highest BCUT2D eigenvalue weighted by molar-refractivity contribution is 7.92. The van der Waals surface area contributed by atoms with E-state index in [-0.39, 0.29) is 23.0 Å². The molecule has 0 bridgehead atoms. The third kappa shape index (κ3) is 6.61. The van der Waals surface area contributed by atoms with Gasteiger partial charge >= 0.3 is 0 Å². The lowest BCUT2D eigenvalue weighted by Crippen LogP contribution is -2.42. The van der Waals surface area contributed by atoms with Crippen LogP contribution in [0.5, 0.6) is 11.5 Å². The minimum Gasteiger partial charge on any atom is -0.497 e. The largest absolute Gasteiger partial charge is 0.497 e. The molecule has 1 aliphatic heterocycles. The summed E-state index contributed by atoms with van der Waals surface area (Å²) in [6.07, 6.45) is 4.56. The molecular weight excluding hydrogens is 442 g/mol. The predicted molar refractivity (Wildman–Crippen MR) is 128 cm³/mol. The Morgan fingerprint density at radius 2 is 1.76 bits per heavy atom. The number of rotatable bonds is 11. The number of benzene rings is 2. The van der Waals surface area contributed by atoms with Gasteiger partial charge in [-0.25, -0.2) is 8.42 Å². The Kier molecular flexibility index (Phi) is 8.96. The van der Waals surface area contributed by atoms with Crippen LogP contribution >= 0.6 is 0 Å². The van der Waals surface area contributed by atoms with Crippen molar-refractivity contribution in [3.05, 3.63) is 48.5 Å². The number of anilines is 1. The lowest BCUT2D eigenvalue weighted by atomic mass is 10.1. The SMILES string of the molecule is COc1ccc(N(CC(=O)NCCCN2CCCCC2)S(=O)(=O)c2ccccc2)c(OC)c1. The van der Waals surface area contributed by atoms with Crippen molar-refractivity contribution in [1.82, 2.24) is 10.2 Å². The molecule has 0 spiro atoms. The van der Waals surface area contributed by atoms with Crippen LogP contribution in [0.15, 0.2) is 53.4 Å². The summed E-state index contributed by atoms with van der Waals surface area (Å²) in [4.78, 5) is 15.3. The zero-order valence-corrected chi connectivity index (χ0v) is 20.1. The highest BCUT2D eigenvalue weighted by Crippen LogP contribution is 2.35. The molecule has 1 amide bonds. The Hall–Kier alpha value is -2.78. The van der Waals surface area contributed by atoms with Crippen LogP contribution in [-0.4, -0.2) is 66.2 Å². The summed E-state index contributed by atoms with van der Waals surface area (Å²) in [6.45, 7) is 3.28. The maximum Gasteiger partial charge on any atom is 0.264 e. The maximum atomic E-state index is 13.5. The fraction of sp³-hybridized carbons (Fsp3) is 0.458. The van der Waals surface area contributed by atoms with Gasteiger partial charge in [0.25, 0.3) is 10.0 Å². The summed E-state index contributed by atoms with van der Waals surface area (Å²) in [5.41, 5.74) is 0.269. The van der Waals surface area contributed by atoms with Crippen molar-refractivity contribution < 1.29 is 22.7 Å². The third-order valence-corrected chi connectivity index (χ3v) is 7.47. The second-order valence-corrected chi connectivity index (χ2v) is 9.83. The summed E-state index contributed by atoms with van der Waals surface area (Å²) < 4.78 is 38.7. The number of carbonyl (C=O) groups excluding carboxylic acids is 1. The Morgan fingerprint density at radius 3 is 2.42 bits per heavy atom. The number of methoxy groups -OCH3 is 2. The van der Waals surface area contributed by atoms with Crippen molar-refractivity contribution in [1.29, 1.82) is 0 Å². The van der Waals surface area contributed by atoms with Gasteiger partial charge in [0.2, 0.25) is 5.91 Å². The molecular formula is C24H33N3O5S. The molecule has 2 aromatic carbocycles. The molecule has 33 heavy (non-hydrogen) atoms. The summed E-state index contributed by atoms with van der Waals surface area (Å²) in [7, 11) is -1.04. The van der Waals surface area contributed by atoms with Gasteiger partial charge < -0.3 is 19.7 Å². The first-order chi connectivity index (χ1) is 16.0. The molecule has 1 aliphatic rings. The van der Waals surface area contributed by atoms with E-state index in [0.29, 0.717) is 18.0 Å². The highest BCUT2D eigenvalue weighted by atomic mass is 32.2. The van der Waals surface area contributed by atoms with Crippen LogP contribution < -0.4 is 19.1 Å². The number of hydrogen-bond donors (Lipinski definition) is 1. The molecule has 3 rings (SSSR count). The molecule has 180 valence electrons. The van der Waals surface area contributed by atoms with Crippen LogP contribution in [0, 0.1) is 0 Å². The smallest absolute Gasteiger partial charge is 0.264 e. The number of sulfonamides is 1. The number of nitrogens with one attached hydrogen (secondary N) is 1. The molecule has 0 aromatic heterocycles. The quantitative estimate of drug-likeness (QED) is 0.503. The summed E-state index contributed by atoms with van der Waals surface area (Å²) in [6, 6.07) is 12.9. The van der Waals surface area contributed by atoms with Gasteiger partial charge in [-0.3, -0.25) is 9.10 Å². The van der Waals surface area contributed by atoms with Crippen molar-refractivity contribution in [2.75, 3.05) is 51.2 Å². The molecule has 2 aromatic rings. The topological polar surface area (TPSA) is 88.2 Å². The number of amides is 1. The molecule has 1 heterocycles. The summed E-state index contributed by atoms with van der Waals surface area (Å²) >= 11 is 0. The average molecular weight is 476 g/mol. The minimum absolute atomic E-state index is 0.0979. The zero-order valence-electron chi connectivity index (χ0n) is 19.3. The van der Waals surface area contributed by atoms with Gasteiger partial charge in [0.1, 0.15) is 18.0 Å². The highest BCUT2D eigenvalue weighted by Gasteiger charge is 2.29. The molecule has 1 saturated heterocycles. The first kappa shape index (κ1) is 24.9. The maximum absolute atomic E-state index is 13.5. The van der Waals surface area contributed by atoms with Gasteiger partial charge in [0.15, 0.2) is 0 Å². The number of hydrogen-bond acceptors (Lipinski definition) is 6.